The van der Waals surface area contributed by atoms with Crippen LogP contribution in [0.4, 0.5) is 22.0 Å². The van der Waals surface area contributed by atoms with Gasteiger partial charge in [-0.15, -0.1) is 5.10 Å². The van der Waals surface area contributed by atoms with Crippen molar-refractivity contribution in [1.29, 1.82) is 0 Å². The van der Waals surface area contributed by atoms with Crippen molar-refractivity contribution in [3.05, 3.63) is 54.4 Å². The SMILES string of the molecule is COC(=O)c1ccc(-c2ncn(-c3ccc(OC(F)(F)C(F)(F)F)cc3)n2)cc1OC. The molecule has 0 N–H and O–H groups in total. The average Bonchev–Trinajstić information content (AvgIpc) is 3.22. The highest BCUT2D eigenvalue weighted by molar-refractivity contribution is 5.93. The van der Waals surface area contributed by atoms with E-state index in [9.17, 15) is 26.7 Å². The van der Waals surface area contributed by atoms with Crippen LogP contribution < -0.4 is 9.47 Å². The standard InChI is InChI=1S/C19H14F5N3O4/c1-29-15-9-11(3-8-14(15)17(28)30-2)16-25-10-27(26-16)12-4-6-13(7-5-12)31-19(23,24)18(20,21)22/h3-10H,1-2H3. The molecule has 2 aromatic carbocycles. The molecule has 1 heterocycles. The predicted molar refractivity (Wildman–Crippen MR) is 96.3 cm³/mol. The Kier molecular flexibility index (Phi) is 5.82. The number of carbonyl (C=O) groups is 1. The van der Waals surface area contributed by atoms with Crippen molar-refractivity contribution in [1.82, 2.24) is 14.8 Å². The van der Waals surface area contributed by atoms with Crippen LogP contribution in [0.1, 0.15) is 10.4 Å². The van der Waals surface area contributed by atoms with Gasteiger partial charge < -0.3 is 14.2 Å². The molecule has 164 valence electrons. The first-order valence-electron chi connectivity index (χ1n) is 8.48. The molecule has 0 aliphatic carbocycles. The van der Waals surface area contributed by atoms with E-state index in [2.05, 4.69) is 19.6 Å². The van der Waals surface area contributed by atoms with E-state index in [0.29, 0.717) is 11.3 Å². The maximum Gasteiger partial charge on any atom is 0.499 e. The third-order valence-electron chi connectivity index (χ3n) is 4.03. The molecule has 0 aliphatic heterocycles. The van der Waals surface area contributed by atoms with E-state index in [1.165, 1.54) is 49.5 Å². The molecule has 3 rings (SSSR count). The summed E-state index contributed by atoms with van der Waals surface area (Å²) in [4.78, 5) is 15.9. The number of benzene rings is 2. The van der Waals surface area contributed by atoms with E-state index < -0.39 is 24.0 Å². The molecule has 0 amide bonds. The van der Waals surface area contributed by atoms with Gasteiger partial charge in [0.15, 0.2) is 5.82 Å². The van der Waals surface area contributed by atoms with E-state index in [1.54, 1.807) is 6.07 Å². The molecule has 0 radical (unpaired) electrons. The van der Waals surface area contributed by atoms with Gasteiger partial charge in [-0.25, -0.2) is 14.5 Å². The number of ether oxygens (including phenoxy) is 3. The molecule has 0 saturated carbocycles. The molecule has 12 heteroatoms. The van der Waals surface area contributed by atoms with Gasteiger partial charge in [-0.3, -0.25) is 0 Å². The van der Waals surface area contributed by atoms with E-state index in [1.807, 2.05) is 0 Å². The minimum atomic E-state index is -5.84. The second-order valence-electron chi connectivity index (χ2n) is 6.03. The first-order valence-corrected chi connectivity index (χ1v) is 8.48. The highest BCUT2D eigenvalue weighted by Crippen LogP contribution is 2.37. The number of alkyl halides is 5. The maximum absolute atomic E-state index is 13.0. The maximum atomic E-state index is 13.0. The summed E-state index contributed by atoms with van der Waals surface area (Å²) in [6, 6.07) is 8.96. The fraction of sp³-hybridized carbons (Fsp3) is 0.211. The number of methoxy groups -OCH3 is 2. The minimum Gasteiger partial charge on any atom is -0.496 e. The summed E-state index contributed by atoms with van der Waals surface area (Å²) in [5.74, 6) is -0.763. The van der Waals surface area contributed by atoms with Gasteiger partial charge in [0.25, 0.3) is 0 Å². The van der Waals surface area contributed by atoms with Gasteiger partial charge in [-0.2, -0.15) is 22.0 Å². The predicted octanol–water partition coefficient (Wildman–Crippen LogP) is 4.26. The van der Waals surface area contributed by atoms with E-state index >= 15 is 0 Å². The fourth-order valence-corrected chi connectivity index (χ4v) is 2.50. The van der Waals surface area contributed by atoms with Crippen molar-refractivity contribution in [2.75, 3.05) is 14.2 Å². The number of hydrogen-bond acceptors (Lipinski definition) is 6. The van der Waals surface area contributed by atoms with Crippen molar-refractivity contribution in [3.8, 4) is 28.6 Å². The highest BCUT2D eigenvalue weighted by Gasteiger charge is 2.61. The van der Waals surface area contributed by atoms with Crippen LogP contribution in [-0.2, 0) is 4.74 Å². The van der Waals surface area contributed by atoms with Gasteiger partial charge in [0.2, 0.25) is 0 Å². The number of hydrogen-bond donors (Lipinski definition) is 0. The number of rotatable bonds is 6. The van der Waals surface area contributed by atoms with Crippen LogP contribution in [0.5, 0.6) is 11.5 Å². The van der Waals surface area contributed by atoms with Crippen molar-refractivity contribution in [3.63, 3.8) is 0 Å². The number of carbonyl (C=O) groups excluding carboxylic acids is 1. The Labute approximate surface area is 172 Å². The lowest BCUT2D eigenvalue weighted by Gasteiger charge is -2.20. The molecule has 3 aromatic rings. The number of esters is 1. The van der Waals surface area contributed by atoms with Crippen LogP contribution in [0.2, 0.25) is 0 Å². The summed E-state index contributed by atoms with van der Waals surface area (Å²) in [5, 5.41) is 4.23. The van der Waals surface area contributed by atoms with E-state index in [-0.39, 0.29) is 17.1 Å². The Morgan fingerprint density at radius 3 is 2.26 bits per heavy atom. The summed E-state index contributed by atoms with van der Waals surface area (Å²) in [7, 11) is 2.61. The van der Waals surface area contributed by atoms with Gasteiger partial charge in [0.1, 0.15) is 23.4 Å². The number of nitrogens with zero attached hydrogens (tertiary/aromatic N) is 3. The molecule has 0 fully saturated rings. The molecule has 7 nitrogen and oxygen atoms in total. The van der Waals surface area contributed by atoms with Gasteiger partial charge in [-0.1, -0.05) is 0 Å². The lowest BCUT2D eigenvalue weighted by atomic mass is 10.1. The van der Waals surface area contributed by atoms with Crippen LogP contribution in [0, 0.1) is 0 Å². The molecule has 1 aromatic heterocycles. The van der Waals surface area contributed by atoms with Crippen molar-refractivity contribution in [2.24, 2.45) is 0 Å². The second-order valence-corrected chi connectivity index (χ2v) is 6.03. The lowest BCUT2D eigenvalue weighted by molar-refractivity contribution is -0.360. The summed E-state index contributed by atoms with van der Waals surface area (Å²) < 4.78 is 77.5. The Morgan fingerprint density at radius 2 is 1.68 bits per heavy atom. The first kappa shape index (κ1) is 22.0. The molecule has 31 heavy (non-hydrogen) atoms. The largest absolute Gasteiger partial charge is 0.499 e. The summed E-state index contributed by atoms with van der Waals surface area (Å²) >= 11 is 0. The number of halogens is 5. The third kappa shape index (κ3) is 4.57. The topological polar surface area (TPSA) is 75.5 Å². The van der Waals surface area contributed by atoms with Gasteiger partial charge >= 0.3 is 18.3 Å². The van der Waals surface area contributed by atoms with Gasteiger partial charge in [0.05, 0.1) is 19.9 Å². The summed E-state index contributed by atoms with van der Waals surface area (Å²) in [6.45, 7) is 0. The molecular formula is C19H14F5N3O4. The first-order chi connectivity index (χ1) is 14.6. The average molecular weight is 443 g/mol. The molecule has 0 aliphatic rings. The van der Waals surface area contributed by atoms with Crippen LogP contribution in [0.15, 0.2) is 48.8 Å². The fourth-order valence-electron chi connectivity index (χ4n) is 2.50. The smallest absolute Gasteiger partial charge is 0.496 e. The Hall–Kier alpha value is -3.70. The van der Waals surface area contributed by atoms with Crippen LogP contribution >= 0.6 is 0 Å². The molecule has 0 saturated heterocycles. The zero-order valence-corrected chi connectivity index (χ0v) is 16.0. The van der Waals surface area contributed by atoms with Crippen LogP contribution in [-0.4, -0.2) is 47.2 Å². The molecule has 0 unspecified atom stereocenters. The molecule has 0 atom stereocenters. The normalized spacial score (nSPS) is 11.8. The summed E-state index contributed by atoms with van der Waals surface area (Å²) in [5.41, 5.74) is 1.05. The molecular weight excluding hydrogens is 429 g/mol. The lowest BCUT2D eigenvalue weighted by Crippen LogP contribution is -2.41. The van der Waals surface area contributed by atoms with Crippen molar-refractivity contribution < 1.29 is 41.0 Å². The Balaban J connectivity index is 1.82. The molecule has 0 bridgehead atoms. The molecule has 0 spiro atoms. The van der Waals surface area contributed by atoms with Crippen molar-refractivity contribution in [2.45, 2.75) is 12.3 Å². The summed E-state index contributed by atoms with van der Waals surface area (Å²) in [6.07, 6.45) is -9.84. The monoisotopic (exact) mass is 443 g/mol. The minimum absolute atomic E-state index is 0.208. The van der Waals surface area contributed by atoms with Crippen LogP contribution in [0.3, 0.4) is 0 Å². The Bertz CT molecular complexity index is 1080. The quantitative estimate of drug-likeness (QED) is 0.419. The van der Waals surface area contributed by atoms with E-state index in [4.69, 9.17) is 4.74 Å². The number of aromatic nitrogens is 3. The zero-order valence-electron chi connectivity index (χ0n) is 16.0. The second kappa shape index (κ2) is 8.20. The van der Waals surface area contributed by atoms with E-state index in [0.717, 1.165) is 12.1 Å². The third-order valence-corrected chi connectivity index (χ3v) is 4.03. The van der Waals surface area contributed by atoms with Gasteiger partial charge in [0, 0.05) is 5.56 Å². The van der Waals surface area contributed by atoms with Crippen molar-refractivity contribution >= 4 is 5.97 Å². The van der Waals surface area contributed by atoms with Crippen LogP contribution in [0.25, 0.3) is 17.1 Å². The highest BCUT2D eigenvalue weighted by atomic mass is 19.4. The zero-order chi connectivity index (χ0) is 22.8. The Morgan fingerprint density at radius 1 is 1.00 bits per heavy atom. The van der Waals surface area contributed by atoms with Gasteiger partial charge in [-0.05, 0) is 42.5 Å².